The fourth-order valence-corrected chi connectivity index (χ4v) is 2.64. The number of aryl methyl sites for hydroxylation is 1. The van der Waals surface area contributed by atoms with Gasteiger partial charge in [-0.1, -0.05) is 34.1 Å². The Kier molecular flexibility index (Phi) is 3.88. The Bertz CT molecular complexity index is 802. The van der Waals surface area contributed by atoms with Gasteiger partial charge in [0.2, 0.25) is 0 Å². The molecule has 2 nitrogen and oxygen atoms in total. The summed E-state index contributed by atoms with van der Waals surface area (Å²) in [7, 11) is 0. The minimum absolute atomic E-state index is 0.234. The van der Waals surface area contributed by atoms with E-state index in [2.05, 4.69) is 32.3 Å². The van der Waals surface area contributed by atoms with E-state index in [1.54, 1.807) is 6.07 Å². The van der Waals surface area contributed by atoms with Crippen molar-refractivity contribution in [2.24, 2.45) is 0 Å². The first-order valence-corrected chi connectivity index (χ1v) is 7.47. The van der Waals surface area contributed by atoms with E-state index in [4.69, 9.17) is 0 Å². The van der Waals surface area contributed by atoms with Crippen molar-refractivity contribution in [2.75, 3.05) is 5.32 Å². The molecule has 0 aliphatic rings. The molecule has 1 heterocycles. The molecule has 21 heavy (non-hydrogen) atoms. The highest BCUT2D eigenvalue weighted by atomic mass is 79.9. The summed E-state index contributed by atoms with van der Waals surface area (Å²) in [6, 6.07) is 14.8. The van der Waals surface area contributed by atoms with Gasteiger partial charge in [0.25, 0.3) is 0 Å². The highest BCUT2D eigenvalue weighted by Gasteiger charge is 2.05. The molecule has 0 unspecified atom stereocenters. The summed E-state index contributed by atoms with van der Waals surface area (Å²) in [6.07, 6.45) is 0. The highest BCUT2D eigenvalue weighted by molar-refractivity contribution is 9.10. The van der Waals surface area contributed by atoms with Crippen LogP contribution in [0.2, 0.25) is 0 Å². The van der Waals surface area contributed by atoms with Gasteiger partial charge in [0.05, 0.1) is 11.2 Å². The van der Waals surface area contributed by atoms with Crippen LogP contribution in [-0.2, 0) is 6.54 Å². The van der Waals surface area contributed by atoms with Crippen LogP contribution in [0.1, 0.15) is 11.3 Å². The maximum Gasteiger partial charge on any atom is 0.123 e. The summed E-state index contributed by atoms with van der Waals surface area (Å²) in [4.78, 5) is 4.58. The molecule has 1 N–H and O–H groups in total. The molecule has 0 aliphatic heterocycles. The van der Waals surface area contributed by atoms with Crippen LogP contribution in [0.3, 0.4) is 0 Å². The quantitative estimate of drug-likeness (QED) is 0.718. The number of benzene rings is 2. The number of pyridine rings is 1. The second-order valence-corrected chi connectivity index (χ2v) is 5.77. The van der Waals surface area contributed by atoms with Gasteiger partial charge in [-0.05, 0) is 42.8 Å². The van der Waals surface area contributed by atoms with Crippen molar-refractivity contribution in [1.29, 1.82) is 0 Å². The van der Waals surface area contributed by atoms with Crippen molar-refractivity contribution < 1.29 is 4.39 Å². The molecule has 106 valence electrons. The third kappa shape index (κ3) is 3.05. The molecule has 0 bridgehead atoms. The normalized spacial score (nSPS) is 10.8. The van der Waals surface area contributed by atoms with Crippen molar-refractivity contribution in [3.05, 3.63) is 70.1 Å². The molecule has 0 amide bonds. The van der Waals surface area contributed by atoms with Crippen LogP contribution in [0.4, 0.5) is 10.1 Å². The van der Waals surface area contributed by atoms with Crippen LogP contribution in [0.5, 0.6) is 0 Å². The third-order valence-corrected chi connectivity index (χ3v) is 4.11. The molecule has 0 fully saturated rings. The summed E-state index contributed by atoms with van der Waals surface area (Å²) in [5.74, 6) is -0.234. The number of nitrogens with one attached hydrogen (secondary N) is 1. The van der Waals surface area contributed by atoms with E-state index >= 15 is 0 Å². The number of hydrogen-bond acceptors (Lipinski definition) is 2. The molecular weight excluding hydrogens is 331 g/mol. The van der Waals surface area contributed by atoms with Crippen LogP contribution in [0, 0.1) is 12.7 Å². The lowest BCUT2D eigenvalue weighted by atomic mass is 10.1. The number of hydrogen-bond donors (Lipinski definition) is 1. The number of para-hydroxylation sites is 1. The Labute approximate surface area is 131 Å². The lowest BCUT2D eigenvalue weighted by Gasteiger charge is -2.11. The predicted molar refractivity (Wildman–Crippen MR) is 87.9 cm³/mol. The molecule has 2 aromatic carbocycles. The van der Waals surface area contributed by atoms with Crippen molar-refractivity contribution in [3.8, 4) is 0 Å². The highest BCUT2D eigenvalue weighted by Crippen LogP contribution is 2.24. The zero-order valence-corrected chi connectivity index (χ0v) is 13.1. The maximum absolute atomic E-state index is 13.3. The lowest BCUT2D eigenvalue weighted by molar-refractivity contribution is 0.625. The average Bonchev–Trinajstić information content (AvgIpc) is 2.48. The Morgan fingerprint density at radius 2 is 2.00 bits per heavy atom. The maximum atomic E-state index is 13.3. The van der Waals surface area contributed by atoms with E-state index in [0.717, 1.165) is 32.3 Å². The van der Waals surface area contributed by atoms with Gasteiger partial charge in [-0.15, -0.1) is 0 Å². The minimum Gasteiger partial charge on any atom is -0.379 e. The zero-order chi connectivity index (χ0) is 14.8. The topological polar surface area (TPSA) is 24.9 Å². The van der Waals surface area contributed by atoms with Crippen molar-refractivity contribution in [3.63, 3.8) is 0 Å². The first-order valence-electron chi connectivity index (χ1n) is 6.68. The van der Waals surface area contributed by atoms with Crippen molar-refractivity contribution >= 4 is 32.5 Å². The summed E-state index contributed by atoms with van der Waals surface area (Å²) in [6.45, 7) is 2.51. The molecule has 0 saturated carbocycles. The number of rotatable bonds is 3. The van der Waals surface area contributed by atoms with Crippen LogP contribution in [-0.4, -0.2) is 4.98 Å². The van der Waals surface area contributed by atoms with E-state index in [1.807, 2.05) is 31.2 Å². The van der Waals surface area contributed by atoms with Crippen LogP contribution < -0.4 is 5.32 Å². The van der Waals surface area contributed by atoms with Crippen LogP contribution in [0.15, 0.2) is 53.0 Å². The second-order valence-electron chi connectivity index (χ2n) is 4.92. The first-order chi connectivity index (χ1) is 10.1. The smallest absolute Gasteiger partial charge is 0.123 e. The second kappa shape index (κ2) is 5.82. The Morgan fingerprint density at radius 3 is 2.86 bits per heavy atom. The molecule has 3 rings (SSSR count). The molecule has 0 radical (unpaired) electrons. The van der Waals surface area contributed by atoms with Crippen molar-refractivity contribution in [2.45, 2.75) is 13.5 Å². The Balaban J connectivity index is 1.91. The Morgan fingerprint density at radius 1 is 1.14 bits per heavy atom. The molecule has 0 atom stereocenters. The van der Waals surface area contributed by atoms with Gasteiger partial charge in [0.1, 0.15) is 5.82 Å². The lowest BCUT2D eigenvalue weighted by Crippen LogP contribution is -2.02. The SMILES string of the molecule is Cc1ccc2cccc(NCc3cc(F)ccc3Br)c2n1. The number of halogens is 2. The molecular formula is C17H14BrFN2. The number of anilines is 1. The van der Waals surface area contributed by atoms with Gasteiger partial charge in [-0.2, -0.15) is 0 Å². The van der Waals surface area contributed by atoms with Gasteiger partial charge >= 0.3 is 0 Å². The molecule has 4 heteroatoms. The largest absolute Gasteiger partial charge is 0.379 e. The van der Waals surface area contributed by atoms with Gasteiger partial charge < -0.3 is 5.32 Å². The van der Waals surface area contributed by atoms with Gasteiger partial charge in [-0.3, -0.25) is 4.98 Å². The summed E-state index contributed by atoms with van der Waals surface area (Å²) < 4.78 is 14.2. The first kappa shape index (κ1) is 14.0. The number of fused-ring (bicyclic) bond motifs is 1. The summed E-state index contributed by atoms with van der Waals surface area (Å²) in [5, 5.41) is 4.43. The molecule has 3 aromatic rings. The van der Waals surface area contributed by atoms with E-state index in [9.17, 15) is 4.39 Å². The van der Waals surface area contributed by atoms with E-state index < -0.39 is 0 Å². The average molecular weight is 345 g/mol. The van der Waals surface area contributed by atoms with Gasteiger partial charge in [-0.25, -0.2) is 4.39 Å². The van der Waals surface area contributed by atoms with E-state index in [1.165, 1.54) is 12.1 Å². The monoisotopic (exact) mass is 344 g/mol. The van der Waals surface area contributed by atoms with Gasteiger partial charge in [0, 0.05) is 22.1 Å². The minimum atomic E-state index is -0.234. The molecule has 1 aromatic heterocycles. The fraction of sp³-hybridized carbons (Fsp3) is 0.118. The number of aromatic nitrogens is 1. The molecule has 0 aliphatic carbocycles. The predicted octanol–water partition coefficient (Wildman–Crippen LogP) is 5.06. The summed E-state index contributed by atoms with van der Waals surface area (Å²) >= 11 is 3.44. The summed E-state index contributed by atoms with van der Waals surface area (Å²) in [5.41, 5.74) is 3.74. The van der Waals surface area contributed by atoms with E-state index in [0.29, 0.717) is 6.54 Å². The third-order valence-electron chi connectivity index (χ3n) is 3.34. The zero-order valence-electron chi connectivity index (χ0n) is 11.5. The Hall–Kier alpha value is -1.94. The van der Waals surface area contributed by atoms with Crippen molar-refractivity contribution in [1.82, 2.24) is 4.98 Å². The molecule has 0 spiro atoms. The fourth-order valence-electron chi connectivity index (χ4n) is 2.26. The standard InChI is InChI=1S/C17H14BrFN2/c1-11-5-6-12-3-2-4-16(17(12)21-11)20-10-13-9-14(19)7-8-15(13)18/h2-9,20H,10H2,1H3. The van der Waals surface area contributed by atoms with Gasteiger partial charge in [0.15, 0.2) is 0 Å². The van der Waals surface area contributed by atoms with E-state index in [-0.39, 0.29) is 5.82 Å². The van der Waals surface area contributed by atoms with Crippen LogP contribution >= 0.6 is 15.9 Å². The molecule has 0 saturated heterocycles. The van der Waals surface area contributed by atoms with Crippen LogP contribution in [0.25, 0.3) is 10.9 Å². The number of nitrogens with zero attached hydrogens (tertiary/aromatic N) is 1.